The highest BCUT2D eigenvalue weighted by Gasteiger charge is 2.53. The molecule has 5 atom stereocenters. The zero-order valence-electron chi connectivity index (χ0n) is 28.0. The molecular weight excluding hydrogens is 690 g/mol. The van der Waals surface area contributed by atoms with Crippen LogP contribution in [0.2, 0.25) is 0 Å². The number of hydrogen-bond donors (Lipinski definition) is 1. The molecule has 0 radical (unpaired) electrons. The van der Waals surface area contributed by atoms with E-state index in [1.807, 2.05) is 30.3 Å². The predicted molar refractivity (Wildman–Crippen MR) is 177 cm³/mol. The third-order valence-electron chi connectivity index (χ3n) is 6.95. The average molecular weight is 726 g/mol. The van der Waals surface area contributed by atoms with Crippen molar-refractivity contribution in [2.45, 2.75) is 64.2 Å². The van der Waals surface area contributed by atoms with Crippen LogP contribution in [0.1, 0.15) is 33.3 Å². The molecular formula is C35H35NO14S. The van der Waals surface area contributed by atoms with Crippen LogP contribution in [-0.2, 0) is 63.9 Å². The average Bonchev–Trinajstić information content (AvgIpc) is 3.07. The normalized spacial score (nSPS) is 21.3. The Labute approximate surface area is 296 Å². The van der Waals surface area contributed by atoms with Gasteiger partial charge in [-0.05, 0) is 29.8 Å². The Kier molecular flexibility index (Phi) is 13.5. The molecule has 0 saturated carbocycles. The van der Waals surface area contributed by atoms with Crippen molar-refractivity contribution in [1.29, 1.82) is 0 Å². The Morgan fingerprint density at radius 3 is 1.90 bits per heavy atom. The number of esters is 4. The van der Waals surface area contributed by atoms with Crippen LogP contribution in [0.25, 0.3) is 0 Å². The summed E-state index contributed by atoms with van der Waals surface area (Å²) in [7, 11) is 0. The van der Waals surface area contributed by atoms with E-state index in [9.17, 15) is 33.6 Å². The lowest BCUT2D eigenvalue weighted by Crippen LogP contribution is -2.61. The van der Waals surface area contributed by atoms with Gasteiger partial charge < -0.3 is 38.5 Å². The van der Waals surface area contributed by atoms with Crippen LogP contribution in [0.3, 0.4) is 0 Å². The van der Waals surface area contributed by atoms with Crippen molar-refractivity contribution < 1.29 is 66.7 Å². The minimum absolute atomic E-state index is 0.176. The van der Waals surface area contributed by atoms with E-state index in [1.54, 1.807) is 24.3 Å². The van der Waals surface area contributed by atoms with Gasteiger partial charge in [-0.1, -0.05) is 42.1 Å². The molecule has 51 heavy (non-hydrogen) atoms. The molecule has 5 unspecified atom stereocenters. The summed E-state index contributed by atoms with van der Waals surface area (Å²) in [6.45, 7) is 3.80. The van der Waals surface area contributed by atoms with E-state index in [-0.39, 0.29) is 10.6 Å². The van der Waals surface area contributed by atoms with Gasteiger partial charge in [0.15, 0.2) is 30.7 Å². The molecule has 1 fully saturated rings. The lowest BCUT2D eigenvalue weighted by molar-refractivity contribution is -0.237. The van der Waals surface area contributed by atoms with Crippen molar-refractivity contribution >= 4 is 53.1 Å². The molecule has 2 aromatic rings. The van der Waals surface area contributed by atoms with Crippen LogP contribution in [0.5, 0.6) is 11.5 Å². The first kappa shape index (κ1) is 38.3. The maximum atomic E-state index is 13.2. The summed E-state index contributed by atoms with van der Waals surface area (Å²) >= 11 is 0.652. The molecule has 2 aliphatic rings. The van der Waals surface area contributed by atoms with Crippen LogP contribution in [0.15, 0.2) is 77.4 Å². The monoisotopic (exact) mass is 725 g/mol. The van der Waals surface area contributed by atoms with E-state index in [2.05, 4.69) is 5.32 Å². The number of ether oxygens (including phenoxy) is 7. The fraction of sp³-hybridized carbons (Fsp3) is 0.343. The fourth-order valence-corrected chi connectivity index (χ4v) is 5.99. The van der Waals surface area contributed by atoms with Crippen LogP contribution in [0, 0.1) is 0 Å². The highest BCUT2D eigenvalue weighted by atomic mass is 32.2. The number of carbonyl (C=O) groups is 7. The second-order valence-electron chi connectivity index (χ2n) is 11.1. The predicted octanol–water partition coefficient (Wildman–Crippen LogP) is 2.50. The first-order valence-electron chi connectivity index (χ1n) is 15.5. The number of carbonyl (C=O) groups excluding carboxylic acids is 7. The summed E-state index contributed by atoms with van der Waals surface area (Å²) in [6.07, 6.45) is -3.69. The molecule has 1 heterocycles. The zero-order chi connectivity index (χ0) is 37.1. The van der Waals surface area contributed by atoms with Crippen LogP contribution in [-0.4, -0.2) is 84.4 Å². The minimum Gasteiger partial charge on any atom is -0.489 e. The van der Waals surface area contributed by atoms with Gasteiger partial charge in [0.1, 0.15) is 36.3 Å². The molecule has 1 N–H and O–H groups in total. The highest BCUT2D eigenvalue weighted by molar-refractivity contribution is 8.04. The molecule has 0 aromatic heterocycles. The first-order valence-corrected chi connectivity index (χ1v) is 16.4. The minimum atomic E-state index is -1.46. The summed E-state index contributed by atoms with van der Waals surface area (Å²) in [6, 6.07) is 16.2. The van der Waals surface area contributed by atoms with Crippen molar-refractivity contribution in [3.63, 3.8) is 0 Å². The summed E-state index contributed by atoms with van der Waals surface area (Å²) in [4.78, 5) is 86.3. The SMILES string of the molecule is CC(=O)OCC1OC(SC2=CC(=O)C(NC(=O)COc3ccc(OCc4ccccc4)cc3)=CC2=O)C(OC(C)=O)C(OC(C)=O)C1OC(C)=O. The third-order valence-corrected chi connectivity index (χ3v) is 8.14. The van der Waals surface area contributed by atoms with Gasteiger partial charge in [0.05, 0.1) is 10.6 Å². The number of hydrogen-bond acceptors (Lipinski definition) is 15. The Bertz CT molecular complexity index is 1700. The van der Waals surface area contributed by atoms with E-state index < -0.39 is 84.4 Å². The van der Waals surface area contributed by atoms with Crippen LogP contribution in [0.4, 0.5) is 0 Å². The quantitative estimate of drug-likeness (QED) is 0.169. The second kappa shape index (κ2) is 18.0. The maximum absolute atomic E-state index is 13.2. The van der Waals surface area contributed by atoms with Gasteiger partial charge in [-0.15, -0.1) is 0 Å². The molecule has 0 spiro atoms. The maximum Gasteiger partial charge on any atom is 0.303 e. The van der Waals surface area contributed by atoms with E-state index >= 15 is 0 Å². The van der Waals surface area contributed by atoms with Gasteiger partial charge >= 0.3 is 23.9 Å². The molecule has 1 saturated heterocycles. The molecule has 0 bridgehead atoms. The Morgan fingerprint density at radius 2 is 1.29 bits per heavy atom. The van der Waals surface area contributed by atoms with Gasteiger partial charge in [0.25, 0.3) is 5.91 Å². The summed E-state index contributed by atoms with van der Waals surface area (Å²) < 4.78 is 38.4. The molecule has 4 rings (SSSR count). The standard InChI is InChI=1S/C35H35NO14S/c1-19(37)44-17-29-32(47-20(2)38)33(48-21(3)39)34(49-22(4)40)35(50-29)51-30-15-27(41)26(14-28(30)42)36-31(43)18-46-25-12-10-24(11-13-25)45-16-23-8-6-5-7-9-23/h5-15,29,32-35H,16-18H2,1-4H3,(H,36,43). The van der Waals surface area contributed by atoms with Gasteiger partial charge in [-0.2, -0.15) is 0 Å². The third kappa shape index (κ3) is 11.5. The molecule has 1 aliphatic heterocycles. The van der Waals surface area contributed by atoms with Crippen molar-refractivity contribution in [3.05, 3.63) is 82.9 Å². The largest absolute Gasteiger partial charge is 0.489 e. The lowest BCUT2D eigenvalue weighted by Gasteiger charge is -2.44. The number of nitrogens with one attached hydrogen (secondary N) is 1. The zero-order valence-corrected chi connectivity index (χ0v) is 28.8. The topological polar surface area (TPSA) is 196 Å². The van der Waals surface area contributed by atoms with Crippen LogP contribution < -0.4 is 14.8 Å². The summed E-state index contributed by atoms with van der Waals surface area (Å²) in [5.74, 6) is -4.36. The lowest BCUT2D eigenvalue weighted by atomic mass is 9.99. The fourth-order valence-electron chi connectivity index (χ4n) is 4.85. The van der Waals surface area contributed by atoms with Gasteiger partial charge in [-0.25, -0.2) is 0 Å². The molecule has 2 aromatic carbocycles. The van der Waals surface area contributed by atoms with Crippen molar-refractivity contribution in [3.8, 4) is 11.5 Å². The molecule has 1 aliphatic carbocycles. The first-order chi connectivity index (χ1) is 24.3. The number of rotatable bonds is 14. The van der Waals surface area contributed by atoms with E-state index in [1.165, 1.54) is 0 Å². The van der Waals surface area contributed by atoms with Gasteiger partial charge in [0.2, 0.25) is 5.78 Å². The van der Waals surface area contributed by atoms with E-state index in [0.29, 0.717) is 29.9 Å². The molecule has 270 valence electrons. The highest BCUT2D eigenvalue weighted by Crippen LogP contribution is 2.38. The summed E-state index contributed by atoms with van der Waals surface area (Å²) in [5.41, 5.74) is -0.647. The van der Waals surface area contributed by atoms with Gasteiger partial charge in [0, 0.05) is 39.8 Å². The number of ketones is 2. The van der Waals surface area contributed by atoms with Gasteiger partial charge in [-0.3, -0.25) is 33.6 Å². The number of benzene rings is 2. The Balaban J connectivity index is 1.40. The van der Waals surface area contributed by atoms with Crippen LogP contribution >= 0.6 is 11.8 Å². The molecule has 16 heteroatoms. The summed E-state index contributed by atoms with van der Waals surface area (Å²) in [5, 5.41) is 2.36. The van der Waals surface area contributed by atoms with E-state index in [0.717, 1.165) is 45.4 Å². The number of thioether (sulfide) groups is 1. The Morgan fingerprint density at radius 1 is 0.706 bits per heavy atom. The Hall–Kier alpha value is -5.48. The number of amides is 1. The van der Waals surface area contributed by atoms with Crippen molar-refractivity contribution in [1.82, 2.24) is 5.32 Å². The van der Waals surface area contributed by atoms with Crippen molar-refractivity contribution in [2.24, 2.45) is 0 Å². The smallest absolute Gasteiger partial charge is 0.303 e. The second-order valence-corrected chi connectivity index (χ2v) is 12.2. The van der Waals surface area contributed by atoms with E-state index in [4.69, 9.17) is 33.2 Å². The molecule has 15 nitrogen and oxygen atoms in total. The molecule has 1 amide bonds. The van der Waals surface area contributed by atoms with Crippen molar-refractivity contribution in [2.75, 3.05) is 13.2 Å². The number of allylic oxidation sites excluding steroid dienone is 3.